The van der Waals surface area contributed by atoms with Gasteiger partial charge in [-0.25, -0.2) is 14.5 Å². The Kier molecular flexibility index (Phi) is 7.97. The lowest BCUT2D eigenvalue weighted by Gasteiger charge is -2.11. The lowest BCUT2D eigenvalue weighted by atomic mass is 10.1. The Morgan fingerprint density at radius 2 is 1.73 bits per heavy atom. The predicted octanol–water partition coefficient (Wildman–Crippen LogP) is 6.09. The van der Waals surface area contributed by atoms with Crippen LogP contribution < -0.4 is 10.6 Å². The van der Waals surface area contributed by atoms with Gasteiger partial charge in [0, 0.05) is 47.4 Å². The molecule has 0 aliphatic carbocycles. The summed E-state index contributed by atoms with van der Waals surface area (Å²) < 4.78 is 41.0. The van der Waals surface area contributed by atoms with Gasteiger partial charge in [0.1, 0.15) is 5.82 Å². The summed E-state index contributed by atoms with van der Waals surface area (Å²) in [5, 5.41) is 10.8. The Bertz CT molecular complexity index is 1680. The first kappa shape index (κ1) is 27.8. The van der Waals surface area contributed by atoms with E-state index in [-0.39, 0.29) is 5.56 Å². The van der Waals surface area contributed by atoms with Crippen molar-refractivity contribution < 1.29 is 18.0 Å². The first-order valence-electron chi connectivity index (χ1n) is 13.0. The Morgan fingerprint density at radius 1 is 0.927 bits per heavy atom. The molecular weight excluding hydrogens is 531 g/mol. The summed E-state index contributed by atoms with van der Waals surface area (Å²) in [6.07, 6.45) is -0.140. The summed E-state index contributed by atoms with van der Waals surface area (Å²) in [6, 6.07) is 18.9. The zero-order valence-corrected chi connectivity index (χ0v) is 22.5. The van der Waals surface area contributed by atoms with Crippen LogP contribution in [0.25, 0.3) is 28.2 Å². The molecule has 2 aromatic carbocycles. The number of amides is 1. The van der Waals surface area contributed by atoms with Crippen LogP contribution in [0.5, 0.6) is 0 Å². The van der Waals surface area contributed by atoms with Crippen molar-refractivity contribution in [2.24, 2.45) is 0 Å². The maximum atomic E-state index is 13.1. The molecule has 210 valence electrons. The highest BCUT2D eigenvalue weighted by atomic mass is 19.4. The van der Waals surface area contributed by atoms with Crippen LogP contribution in [-0.2, 0) is 6.18 Å². The molecular formula is C30H28F3N7O. The molecule has 3 aromatic heterocycles. The fourth-order valence-corrected chi connectivity index (χ4v) is 4.35. The topological polar surface area (TPSA) is 87.5 Å². The predicted molar refractivity (Wildman–Crippen MR) is 153 cm³/mol. The molecule has 3 heterocycles. The van der Waals surface area contributed by atoms with E-state index in [1.807, 2.05) is 44.4 Å². The van der Waals surface area contributed by atoms with Crippen molar-refractivity contribution >= 4 is 23.1 Å². The van der Waals surface area contributed by atoms with Gasteiger partial charge in [-0.1, -0.05) is 18.2 Å². The number of hydrogen-bond acceptors (Lipinski definition) is 6. The summed E-state index contributed by atoms with van der Waals surface area (Å²) >= 11 is 0. The minimum atomic E-state index is -4.54. The number of alkyl halides is 3. The van der Waals surface area contributed by atoms with Crippen molar-refractivity contribution in [3.05, 3.63) is 96.3 Å². The number of halogens is 3. The van der Waals surface area contributed by atoms with E-state index in [0.717, 1.165) is 60.0 Å². The second kappa shape index (κ2) is 11.8. The smallest absolute Gasteiger partial charge is 0.370 e. The Balaban J connectivity index is 1.37. The lowest BCUT2D eigenvalue weighted by molar-refractivity contribution is -0.137. The van der Waals surface area contributed by atoms with Gasteiger partial charge in [0.15, 0.2) is 5.65 Å². The van der Waals surface area contributed by atoms with Crippen molar-refractivity contribution in [2.45, 2.75) is 12.6 Å². The minimum Gasteiger partial charge on any atom is -0.370 e. The van der Waals surface area contributed by atoms with Gasteiger partial charge in [0.05, 0.1) is 17.0 Å². The van der Waals surface area contributed by atoms with E-state index in [4.69, 9.17) is 5.10 Å². The normalized spacial score (nSPS) is 11.7. The molecule has 0 radical (unpaired) electrons. The van der Waals surface area contributed by atoms with Crippen LogP contribution in [0.2, 0.25) is 0 Å². The Hall–Kier alpha value is -4.77. The van der Waals surface area contributed by atoms with Crippen LogP contribution in [0.3, 0.4) is 0 Å². The van der Waals surface area contributed by atoms with E-state index in [0.29, 0.717) is 11.3 Å². The number of pyridine rings is 1. The lowest BCUT2D eigenvalue weighted by Crippen LogP contribution is -2.16. The maximum absolute atomic E-state index is 13.1. The minimum absolute atomic E-state index is 0.0860. The Morgan fingerprint density at radius 3 is 2.54 bits per heavy atom. The second-order valence-electron chi connectivity index (χ2n) is 9.76. The van der Waals surface area contributed by atoms with Gasteiger partial charge in [-0.2, -0.15) is 18.3 Å². The van der Waals surface area contributed by atoms with Crippen molar-refractivity contribution in [1.82, 2.24) is 24.5 Å². The summed E-state index contributed by atoms with van der Waals surface area (Å²) in [5.74, 6) is 0.119. The number of nitrogens with zero attached hydrogens (tertiary/aromatic N) is 5. The molecule has 2 N–H and O–H groups in total. The molecule has 0 aliphatic rings. The molecule has 1 amide bonds. The number of carbonyl (C=O) groups excluding carboxylic acids is 1. The van der Waals surface area contributed by atoms with E-state index >= 15 is 0 Å². The van der Waals surface area contributed by atoms with E-state index in [2.05, 4.69) is 25.5 Å². The quantitative estimate of drug-likeness (QED) is 0.213. The molecule has 0 atom stereocenters. The summed E-state index contributed by atoms with van der Waals surface area (Å²) in [7, 11) is 4.08. The molecule has 5 rings (SSSR count). The molecule has 0 unspecified atom stereocenters. The number of hydrogen-bond donors (Lipinski definition) is 2. The van der Waals surface area contributed by atoms with Crippen LogP contribution in [0.1, 0.15) is 22.3 Å². The standard InChI is InChI=1S/C30H28F3N7O/c1-39(2)15-5-12-34-27-18-20(10-13-35-27)25-19-28-36-14-11-26(40(28)38-25)21-6-4-9-24(17-21)37-29(41)22-7-3-8-23(16-22)30(31,32)33/h3-4,6-11,13-14,16-19H,5,12,15H2,1-2H3,(H,34,35)(H,37,41). The monoisotopic (exact) mass is 559 g/mol. The van der Waals surface area contributed by atoms with Crippen LogP contribution in [0, 0.1) is 0 Å². The van der Waals surface area contributed by atoms with E-state index in [1.165, 1.54) is 12.1 Å². The van der Waals surface area contributed by atoms with Gasteiger partial charge in [0.25, 0.3) is 5.91 Å². The largest absolute Gasteiger partial charge is 0.416 e. The number of benzene rings is 2. The fourth-order valence-electron chi connectivity index (χ4n) is 4.35. The third kappa shape index (κ3) is 6.69. The van der Waals surface area contributed by atoms with Gasteiger partial charge in [-0.05, 0) is 75.6 Å². The van der Waals surface area contributed by atoms with Crippen molar-refractivity contribution in [3.63, 3.8) is 0 Å². The highest BCUT2D eigenvalue weighted by Gasteiger charge is 2.30. The third-order valence-corrected chi connectivity index (χ3v) is 6.37. The zero-order chi connectivity index (χ0) is 29.0. The zero-order valence-electron chi connectivity index (χ0n) is 22.5. The van der Waals surface area contributed by atoms with Crippen molar-refractivity contribution in [2.75, 3.05) is 37.8 Å². The molecule has 0 aliphatic heterocycles. The van der Waals surface area contributed by atoms with Gasteiger partial charge in [0.2, 0.25) is 0 Å². The van der Waals surface area contributed by atoms with Crippen LogP contribution in [0.4, 0.5) is 24.7 Å². The highest BCUT2D eigenvalue weighted by molar-refractivity contribution is 6.04. The number of fused-ring (bicyclic) bond motifs is 1. The van der Waals surface area contributed by atoms with E-state index in [1.54, 1.807) is 35.1 Å². The fraction of sp³-hybridized carbons (Fsp3) is 0.200. The summed E-state index contributed by atoms with van der Waals surface area (Å²) in [4.78, 5) is 23.7. The number of rotatable bonds is 9. The van der Waals surface area contributed by atoms with Crippen molar-refractivity contribution in [3.8, 4) is 22.5 Å². The van der Waals surface area contributed by atoms with E-state index < -0.39 is 17.6 Å². The van der Waals surface area contributed by atoms with Crippen LogP contribution in [0.15, 0.2) is 85.2 Å². The highest BCUT2D eigenvalue weighted by Crippen LogP contribution is 2.30. The van der Waals surface area contributed by atoms with Crippen molar-refractivity contribution in [1.29, 1.82) is 0 Å². The summed E-state index contributed by atoms with van der Waals surface area (Å²) in [6.45, 7) is 1.77. The number of anilines is 2. The molecule has 0 saturated heterocycles. The molecule has 41 heavy (non-hydrogen) atoms. The van der Waals surface area contributed by atoms with Crippen LogP contribution >= 0.6 is 0 Å². The SMILES string of the molecule is CN(C)CCCNc1cc(-c2cc3nccc(-c4cccc(NC(=O)c5cccc(C(F)(F)F)c5)c4)n3n2)ccn1. The second-order valence-corrected chi connectivity index (χ2v) is 9.76. The average Bonchev–Trinajstić information content (AvgIpc) is 3.40. The molecule has 5 aromatic rings. The first-order valence-corrected chi connectivity index (χ1v) is 13.0. The Labute approximate surface area is 234 Å². The number of carbonyl (C=O) groups is 1. The molecule has 0 spiro atoms. The van der Waals surface area contributed by atoms with Gasteiger partial charge in [-0.3, -0.25) is 4.79 Å². The number of nitrogens with one attached hydrogen (secondary N) is 2. The molecule has 8 nitrogen and oxygen atoms in total. The molecule has 0 bridgehead atoms. The molecule has 0 fully saturated rings. The molecule has 11 heteroatoms. The summed E-state index contributed by atoms with van der Waals surface area (Å²) in [5.41, 5.74) is 3.17. The van der Waals surface area contributed by atoms with Gasteiger partial charge in [-0.15, -0.1) is 0 Å². The average molecular weight is 560 g/mol. The van der Waals surface area contributed by atoms with Gasteiger partial charge < -0.3 is 15.5 Å². The maximum Gasteiger partial charge on any atom is 0.416 e. The number of aromatic nitrogens is 4. The van der Waals surface area contributed by atoms with Gasteiger partial charge >= 0.3 is 6.18 Å². The van der Waals surface area contributed by atoms with E-state index in [9.17, 15) is 18.0 Å². The first-order chi connectivity index (χ1) is 19.7. The third-order valence-electron chi connectivity index (χ3n) is 6.37. The molecule has 0 saturated carbocycles. The van der Waals surface area contributed by atoms with Crippen LogP contribution in [-0.4, -0.2) is 57.6 Å².